The molecule has 0 aromatic heterocycles. The van der Waals surface area contributed by atoms with Gasteiger partial charge < -0.3 is 19.7 Å². The normalized spacial score (nSPS) is 40.4. The Kier molecular flexibility index (Phi) is 5.53. The van der Waals surface area contributed by atoms with Crippen LogP contribution in [-0.4, -0.2) is 58.2 Å². The van der Waals surface area contributed by atoms with Crippen molar-refractivity contribution in [3.8, 4) is 0 Å². The van der Waals surface area contributed by atoms with Crippen molar-refractivity contribution in [2.24, 2.45) is 17.8 Å². The number of esters is 2. The van der Waals surface area contributed by atoms with Crippen molar-refractivity contribution in [3.63, 3.8) is 0 Å². The molecule has 2 N–H and O–H groups in total. The standard InChI is InChI=1S/C20H23ClO7/c1-9(4-5-22)18(24)27-13-6-10(2)12-7-14(23)20(26,8-21)16(12)17-15(13)11(3)19(25)28-17/h4-5,12-17,23,26H,2-3,6-8H2,1H3/b9-4+/t12-,13-,14-,15+,16-,17-,20+/m0/s1. The van der Waals surface area contributed by atoms with E-state index in [0.717, 1.165) is 6.08 Å². The van der Waals surface area contributed by atoms with Crippen molar-refractivity contribution in [1.82, 2.24) is 0 Å². The van der Waals surface area contributed by atoms with E-state index < -0.39 is 47.7 Å². The Balaban J connectivity index is 2.01. The summed E-state index contributed by atoms with van der Waals surface area (Å²) in [5.41, 5.74) is -0.759. The number of aliphatic hydroxyl groups excluding tert-OH is 1. The maximum atomic E-state index is 12.3. The quantitative estimate of drug-likeness (QED) is 0.234. The van der Waals surface area contributed by atoms with Crippen LogP contribution >= 0.6 is 11.6 Å². The molecule has 0 unspecified atom stereocenters. The van der Waals surface area contributed by atoms with Gasteiger partial charge in [-0.2, -0.15) is 0 Å². The Labute approximate surface area is 167 Å². The summed E-state index contributed by atoms with van der Waals surface area (Å²) in [6, 6.07) is 0. The van der Waals surface area contributed by atoms with Gasteiger partial charge in [0.15, 0.2) is 0 Å². The van der Waals surface area contributed by atoms with Crippen LogP contribution in [0, 0.1) is 17.8 Å². The minimum absolute atomic E-state index is 0.116. The Morgan fingerprint density at radius 2 is 2.14 bits per heavy atom. The van der Waals surface area contributed by atoms with Crippen LogP contribution in [0.1, 0.15) is 19.8 Å². The molecular formula is C20H23ClO7. The molecule has 1 aliphatic heterocycles. The van der Waals surface area contributed by atoms with E-state index in [1.807, 2.05) is 0 Å². The molecule has 0 radical (unpaired) electrons. The molecule has 0 spiro atoms. The molecule has 0 bridgehead atoms. The van der Waals surface area contributed by atoms with Gasteiger partial charge >= 0.3 is 11.9 Å². The number of ether oxygens (including phenoxy) is 2. The zero-order valence-corrected chi connectivity index (χ0v) is 16.2. The van der Waals surface area contributed by atoms with E-state index in [4.69, 9.17) is 21.1 Å². The summed E-state index contributed by atoms with van der Waals surface area (Å²) >= 11 is 6.00. The first-order valence-electron chi connectivity index (χ1n) is 9.02. The lowest BCUT2D eigenvalue weighted by molar-refractivity contribution is -0.155. The molecule has 0 amide bonds. The van der Waals surface area contributed by atoms with Crippen molar-refractivity contribution < 1.29 is 34.1 Å². The fourth-order valence-corrected chi connectivity index (χ4v) is 5.02. The van der Waals surface area contributed by atoms with Gasteiger partial charge in [0, 0.05) is 23.5 Å². The van der Waals surface area contributed by atoms with Gasteiger partial charge in [-0.25, -0.2) is 9.59 Å². The molecule has 1 heterocycles. The van der Waals surface area contributed by atoms with Crippen LogP contribution in [0.4, 0.5) is 0 Å². The number of aldehydes is 1. The van der Waals surface area contributed by atoms with E-state index >= 15 is 0 Å². The lowest BCUT2D eigenvalue weighted by Gasteiger charge is -2.37. The van der Waals surface area contributed by atoms with Gasteiger partial charge in [-0.15, -0.1) is 11.6 Å². The first kappa shape index (κ1) is 20.8. The molecule has 3 fully saturated rings. The van der Waals surface area contributed by atoms with Gasteiger partial charge in [0.25, 0.3) is 0 Å². The van der Waals surface area contributed by atoms with Gasteiger partial charge in [-0.3, -0.25) is 4.79 Å². The van der Waals surface area contributed by atoms with E-state index in [1.165, 1.54) is 6.92 Å². The van der Waals surface area contributed by atoms with Crippen LogP contribution in [0.2, 0.25) is 0 Å². The van der Waals surface area contributed by atoms with Gasteiger partial charge in [-0.05, 0) is 25.3 Å². The SMILES string of the molecule is C=C1C(=O)O[C@H]2[C@H]1[C@@H](OC(=O)/C(C)=C/C=O)CC(=C)[C@@H]1C[C@H](O)[C@](O)(CCl)[C@H]21. The predicted molar refractivity (Wildman–Crippen MR) is 99.2 cm³/mol. The first-order chi connectivity index (χ1) is 13.2. The molecule has 3 rings (SSSR count). The second-order valence-electron chi connectivity index (χ2n) is 7.72. The highest BCUT2D eigenvalue weighted by molar-refractivity contribution is 6.18. The van der Waals surface area contributed by atoms with Crippen molar-refractivity contribution in [3.05, 3.63) is 36.0 Å². The fraction of sp³-hybridized carbons (Fsp3) is 0.550. The Morgan fingerprint density at radius 3 is 2.75 bits per heavy atom. The van der Waals surface area contributed by atoms with Crippen molar-refractivity contribution in [2.45, 2.75) is 43.7 Å². The largest absolute Gasteiger partial charge is 0.458 e. The molecule has 8 heteroatoms. The van der Waals surface area contributed by atoms with Crippen molar-refractivity contribution in [2.75, 3.05) is 5.88 Å². The molecule has 2 saturated carbocycles. The topological polar surface area (TPSA) is 110 Å². The van der Waals surface area contributed by atoms with Crippen LogP contribution in [0.5, 0.6) is 0 Å². The van der Waals surface area contributed by atoms with E-state index in [9.17, 15) is 24.6 Å². The number of allylic oxidation sites excluding steroid dienone is 1. The summed E-state index contributed by atoms with van der Waals surface area (Å²) < 4.78 is 11.1. The van der Waals surface area contributed by atoms with Crippen molar-refractivity contribution in [1.29, 1.82) is 0 Å². The zero-order chi connectivity index (χ0) is 20.8. The van der Waals surface area contributed by atoms with Crippen LogP contribution in [-0.2, 0) is 23.9 Å². The predicted octanol–water partition coefficient (Wildman–Crippen LogP) is 1.07. The van der Waals surface area contributed by atoms with Crippen LogP contribution in [0.3, 0.4) is 0 Å². The Morgan fingerprint density at radius 1 is 1.46 bits per heavy atom. The maximum Gasteiger partial charge on any atom is 0.334 e. The monoisotopic (exact) mass is 410 g/mol. The Bertz CT molecular complexity index is 773. The summed E-state index contributed by atoms with van der Waals surface area (Å²) in [6.45, 7) is 9.30. The summed E-state index contributed by atoms with van der Waals surface area (Å²) in [5, 5.41) is 21.5. The van der Waals surface area contributed by atoms with Gasteiger partial charge in [0.05, 0.1) is 17.9 Å². The highest BCUT2D eigenvalue weighted by Gasteiger charge is 2.64. The number of fused-ring (bicyclic) bond motifs is 3. The summed E-state index contributed by atoms with van der Waals surface area (Å²) in [5.74, 6) is -3.36. The van der Waals surface area contributed by atoms with Crippen molar-refractivity contribution >= 4 is 29.8 Å². The molecule has 7 nitrogen and oxygen atoms in total. The van der Waals surface area contributed by atoms with Gasteiger partial charge in [0.2, 0.25) is 0 Å². The van der Waals surface area contributed by atoms with Crippen LogP contribution < -0.4 is 0 Å². The number of hydrogen-bond donors (Lipinski definition) is 2. The van der Waals surface area contributed by atoms with Gasteiger partial charge in [0.1, 0.15) is 24.1 Å². The third kappa shape index (κ3) is 3.11. The molecule has 152 valence electrons. The smallest absolute Gasteiger partial charge is 0.334 e. The molecule has 2 aliphatic carbocycles. The number of hydrogen-bond acceptors (Lipinski definition) is 7. The summed E-state index contributed by atoms with van der Waals surface area (Å²) in [7, 11) is 0. The molecule has 0 aromatic carbocycles. The molecule has 0 aromatic rings. The second-order valence-corrected chi connectivity index (χ2v) is 7.99. The molecule has 1 saturated heterocycles. The second kappa shape index (κ2) is 7.46. The number of rotatable bonds is 4. The molecular weight excluding hydrogens is 388 g/mol. The zero-order valence-electron chi connectivity index (χ0n) is 15.5. The lowest BCUT2D eigenvalue weighted by atomic mass is 9.76. The van der Waals surface area contributed by atoms with E-state index in [1.54, 1.807) is 0 Å². The number of halogens is 1. The van der Waals surface area contributed by atoms with E-state index in [-0.39, 0.29) is 35.8 Å². The average molecular weight is 411 g/mol. The first-order valence-corrected chi connectivity index (χ1v) is 9.56. The van der Waals surface area contributed by atoms with E-state index in [2.05, 4.69) is 13.2 Å². The minimum Gasteiger partial charge on any atom is -0.458 e. The third-order valence-electron chi connectivity index (χ3n) is 6.18. The number of carbonyl (C=O) groups excluding carboxylic acids is 3. The van der Waals surface area contributed by atoms with Crippen LogP contribution in [0.25, 0.3) is 0 Å². The maximum absolute atomic E-state index is 12.3. The average Bonchev–Trinajstić information content (AvgIpc) is 3.04. The number of aliphatic hydroxyl groups is 2. The Hall–Kier alpha value is -1.96. The molecule has 28 heavy (non-hydrogen) atoms. The third-order valence-corrected chi connectivity index (χ3v) is 6.61. The van der Waals surface area contributed by atoms with E-state index in [0.29, 0.717) is 11.9 Å². The number of alkyl halides is 1. The molecule has 3 aliphatic rings. The number of carbonyl (C=O) groups is 3. The minimum atomic E-state index is -1.67. The highest BCUT2D eigenvalue weighted by atomic mass is 35.5. The summed E-state index contributed by atoms with van der Waals surface area (Å²) in [4.78, 5) is 35.2. The van der Waals surface area contributed by atoms with Crippen LogP contribution in [0.15, 0.2) is 36.0 Å². The van der Waals surface area contributed by atoms with Gasteiger partial charge in [-0.1, -0.05) is 18.7 Å². The fourth-order valence-electron chi connectivity index (χ4n) is 4.67. The lowest BCUT2D eigenvalue weighted by Crippen LogP contribution is -2.52. The highest BCUT2D eigenvalue weighted by Crippen LogP contribution is 2.55. The molecule has 7 atom stereocenters. The summed E-state index contributed by atoms with van der Waals surface area (Å²) in [6.07, 6.45) is -0.762.